The van der Waals surface area contributed by atoms with E-state index < -0.39 is 0 Å². The van der Waals surface area contributed by atoms with Crippen LogP contribution in [0.4, 0.5) is 5.69 Å². The first-order chi connectivity index (χ1) is 7.49. The van der Waals surface area contributed by atoms with Crippen molar-refractivity contribution >= 4 is 39.1 Å². The monoisotopic (exact) mass is 306 g/mol. The number of anilines is 1. The zero-order valence-electron chi connectivity index (χ0n) is 8.96. The first kappa shape index (κ1) is 13.4. The predicted molar refractivity (Wildman–Crippen MR) is 66.7 cm³/mol. The van der Waals surface area contributed by atoms with Crippen molar-refractivity contribution in [3.8, 4) is 0 Å². The Bertz CT molecular complexity index is 385. The number of carbonyl (C=O) groups is 1. The first-order valence-corrected chi connectivity index (χ1v) is 5.88. The number of hydrogen-bond acceptors (Lipinski definition) is 3. The highest BCUT2D eigenvalue weighted by Crippen LogP contribution is 2.22. The van der Waals surface area contributed by atoms with Crippen LogP contribution in [0.2, 0.25) is 5.15 Å². The number of aromatic nitrogens is 1. The molecule has 16 heavy (non-hydrogen) atoms. The van der Waals surface area contributed by atoms with Crippen molar-refractivity contribution < 1.29 is 9.53 Å². The summed E-state index contributed by atoms with van der Waals surface area (Å²) >= 11 is 8.95. The fourth-order valence-electron chi connectivity index (χ4n) is 0.929. The van der Waals surface area contributed by atoms with Crippen LogP contribution in [0, 0.1) is 0 Å². The second-order valence-corrected chi connectivity index (χ2v) is 4.62. The minimum atomic E-state index is -0.218. The number of amides is 1. The summed E-state index contributed by atoms with van der Waals surface area (Å²) in [4.78, 5) is 15.3. The van der Waals surface area contributed by atoms with Crippen molar-refractivity contribution in [2.45, 2.75) is 20.0 Å². The van der Waals surface area contributed by atoms with Crippen molar-refractivity contribution in [2.24, 2.45) is 0 Å². The van der Waals surface area contributed by atoms with E-state index in [1.165, 1.54) is 6.20 Å². The van der Waals surface area contributed by atoms with Gasteiger partial charge in [0.15, 0.2) is 0 Å². The maximum Gasteiger partial charge on any atom is 0.250 e. The SMILES string of the molecule is CC(C)OCC(=O)Nc1cnc(Cl)c(Br)c1. The van der Waals surface area contributed by atoms with Gasteiger partial charge in [0, 0.05) is 0 Å². The molecule has 0 bridgehead atoms. The molecule has 1 rings (SSSR count). The van der Waals surface area contributed by atoms with Gasteiger partial charge in [0.1, 0.15) is 11.8 Å². The Morgan fingerprint density at radius 3 is 2.94 bits per heavy atom. The molecule has 0 spiro atoms. The van der Waals surface area contributed by atoms with E-state index in [-0.39, 0.29) is 18.6 Å². The fourth-order valence-corrected chi connectivity index (χ4v) is 1.38. The van der Waals surface area contributed by atoms with Gasteiger partial charge in [-0.1, -0.05) is 11.6 Å². The summed E-state index contributed by atoms with van der Waals surface area (Å²) in [6, 6.07) is 1.68. The van der Waals surface area contributed by atoms with Crippen molar-refractivity contribution in [3.05, 3.63) is 21.9 Å². The summed E-state index contributed by atoms with van der Waals surface area (Å²) < 4.78 is 5.80. The van der Waals surface area contributed by atoms with Crippen molar-refractivity contribution in [1.29, 1.82) is 0 Å². The molecular formula is C10H12BrClN2O2. The van der Waals surface area contributed by atoms with Crippen LogP contribution < -0.4 is 5.32 Å². The maximum atomic E-state index is 11.4. The van der Waals surface area contributed by atoms with Crippen LogP contribution in [0.1, 0.15) is 13.8 Å². The number of ether oxygens (including phenoxy) is 1. The van der Waals surface area contributed by atoms with Gasteiger partial charge < -0.3 is 10.1 Å². The number of halogens is 2. The average molecular weight is 308 g/mol. The highest BCUT2D eigenvalue weighted by molar-refractivity contribution is 9.10. The smallest absolute Gasteiger partial charge is 0.250 e. The van der Waals surface area contributed by atoms with Crippen LogP contribution in [-0.2, 0) is 9.53 Å². The Morgan fingerprint density at radius 2 is 2.38 bits per heavy atom. The van der Waals surface area contributed by atoms with Gasteiger partial charge in [-0.05, 0) is 35.8 Å². The average Bonchev–Trinajstić information content (AvgIpc) is 2.21. The number of rotatable bonds is 4. The van der Waals surface area contributed by atoms with Gasteiger partial charge in [-0.3, -0.25) is 4.79 Å². The second-order valence-electron chi connectivity index (χ2n) is 3.40. The third-order valence-corrected chi connectivity index (χ3v) is 2.76. The molecule has 1 aromatic rings. The number of pyridine rings is 1. The van der Waals surface area contributed by atoms with E-state index in [1.807, 2.05) is 13.8 Å². The molecule has 0 aliphatic heterocycles. The molecule has 0 aliphatic rings. The van der Waals surface area contributed by atoms with Gasteiger partial charge in [0.05, 0.1) is 22.5 Å². The van der Waals surface area contributed by atoms with Crippen LogP contribution in [-0.4, -0.2) is 23.6 Å². The molecule has 0 saturated carbocycles. The number of hydrogen-bond donors (Lipinski definition) is 1. The summed E-state index contributed by atoms with van der Waals surface area (Å²) in [5, 5.41) is 3.01. The summed E-state index contributed by atoms with van der Waals surface area (Å²) in [7, 11) is 0. The number of nitrogens with one attached hydrogen (secondary N) is 1. The van der Waals surface area contributed by atoms with Crippen molar-refractivity contribution in [1.82, 2.24) is 4.98 Å². The first-order valence-electron chi connectivity index (χ1n) is 4.71. The molecule has 1 aromatic heterocycles. The maximum absolute atomic E-state index is 11.4. The summed E-state index contributed by atoms with van der Waals surface area (Å²) in [6.07, 6.45) is 1.52. The second kappa shape index (κ2) is 6.18. The summed E-state index contributed by atoms with van der Waals surface area (Å²) in [5.74, 6) is -0.218. The topological polar surface area (TPSA) is 51.2 Å². The Kier molecular flexibility index (Phi) is 5.18. The van der Waals surface area contributed by atoms with Crippen LogP contribution >= 0.6 is 27.5 Å². The van der Waals surface area contributed by atoms with Crippen LogP contribution in [0.25, 0.3) is 0 Å². The minimum Gasteiger partial charge on any atom is -0.369 e. The Morgan fingerprint density at radius 1 is 1.69 bits per heavy atom. The molecule has 0 aromatic carbocycles. The molecule has 4 nitrogen and oxygen atoms in total. The van der Waals surface area contributed by atoms with E-state index in [0.717, 1.165) is 0 Å². The minimum absolute atomic E-state index is 0.0257. The number of nitrogens with zero attached hydrogens (tertiary/aromatic N) is 1. The van der Waals surface area contributed by atoms with E-state index in [1.54, 1.807) is 6.07 Å². The van der Waals surface area contributed by atoms with E-state index in [0.29, 0.717) is 15.3 Å². The zero-order valence-corrected chi connectivity index (χ0v) is 11.3. The molecule has 1 amide bonds. The third kappa shape index (κ3) is 4.47. The molecule has 0 saturated heterocycles. The lowest BCUT2D eigenvalue weighted by molar-refractivity contribution is -0.121. The lowest BCUT2D eigenvalue weighted by Gasteiger charge is -2.08. The molecule has 0 radical (unpaired) electrons. The molecule has 88 valence electrons. The van der Waals surface area contributed by atoms with Crippen LogP contribution in [0.5, 0.6) is 0 Å². The Balaban J connectivity index is 2.53. The van der Waals surface area contributed by atoms with Crippen LogP contribution in [0.3, 0.4) is 0 Å². The molecule has 6 heteroatoms. The standard InChI is InChI=1S/C10H12BrClN2O2/c1-6(2)16-5-9(15)14-7-3-8(11)10(12)13-4-7/h3-4,6H,5H2,1-2H3,(H,14,15). The highest BCUT2D eigenvalue weighted by Gasteiger charge is 2.06. The molecule has 0 fully saturated rings. The van der Waals surface area contributed by atoms with E-state index in [2.05, 4.69) is 26.2 Å². The summed E-state index contributed by atoms with van der Waals surface area (Å²) in [5.41, 5.74) is 0.577. The Labute approximate surface area is 107 Å². The van der Waals surface area contributed by atoms with Gasteiger partial charge in [-0.15, -0.1) is 0 Å². The molecule has 0 aliphatic carbocycles. The van der Waals surface area contributed by atoms with Crippen LogP contribution in [0.15, 0.2) is 16.7 Å². The van der Waals surface area contributed by atoms with Crippen molar-refractivity contribution in [2.75, 3.05) is 11.9 Å². The summed E-state index contributed by atoms with van der Waals surface area (Å²) in [6.45, 7) is 3.76. The number of carbonyl (C=O) groups excluding carboxylic acids is 1. The zero-order chi connectivity index (χ0) is 12.1. The normalized spacial score (nSPS) is 10.6. The van der Waals surface area contributed by atoms with E-state index in [9.17, 15) is 4.79 Å². The van der Waals surface area contributed by atoms with Gasteiger partial charge in [-0.2, -0.15) is 0 Å². The predicted octanol–water partition coefficient (Wildman–Crippen LogP) is 2.86. The van der Waals surface area contributed by atoms with Gasteiger partial charge in [0.2, 0.25) is 5.91 Å². The van der Waals surface area contributed by atoms with Gasteiger partial charge >= 0.3 is 0 Å². The molecule has 1 N–H and O–H groups in total. The highest BCUT2D eigenvalue weighted by atomic mass is 79.9. The van der Waals surface area contributed by atoms with Gasteiger partial charge in [-0.25, -0.2) is 4.98 Å². The van der Waals surface area contributed by atoms with E-state index >= 15 is 0 Å². The Hall–Kier alpha value is -0.650. The molecule has 0 unspecified atom stereocenters. The molecule has 0 atom stereocenters. The molecule has 1 heterocycles. The van der Waals surface area contributed by atoms with E-state index in [4.69, 9.17) is 16.3 Å². The van der Waals surface area contributed by atoms with Gasteiger partial charge in [0.25, 0.3) is 0 Å². The fraction of sp³-hybridized carbons (Fsp3) is 0.400. The largest absolute Gasteiger partial charge is 0.369 e. The third-order valence-electron chi connectivity index (χ3n) is 1.63. The molecular weight excluding hydrogens is 295 g/mol. The lowest BCUT2D eigenvalue weighted by atomic mass is 10.4. The lowest BCUT2D eigenvalue weighted by Crippen LogP contribution is -2.20. The van der Waals surface area contributed by atoms with Crippen molar-refractivity contribution in [3.63, 3.8) is 0 Å². The quantitative estimate of drug-likeness (QED) is 0.870.